The van der Waals surface area contributed by atoms with Crippen LogP contribution in [-0.4, -0.2) is 29.6 Å². The van der Waals surface area contributed by atoms with Crippen LogP contribution in [0.1, 0.15) is 28.1 Å². The molecule has 0 bridgehead atoms. The number of methoxy groups -OCH3 is 1. The van der Waals surface area contributed by atoms with Crippen molar-refractivity contribution in [3.63, 3.8) is 0 Å². The van der Waals surface area contributed by atoms with Crippen LogP contribution in [0.25, 0.3) is 22.7 Å². The molecule has 0 saturated heterocycles. The largest absolute Gasteiger partial charge is 0.493 e. The van der Waals surface area contributed by atoms with Gasteiger partial charge in [-0.3, -0.25) is 4.79 Å². The molecule has 4 aromatic rings. The maximum atomic E-state index is 12.3. The van der Waals surface area contributed by atoms with Gasteiger partial charge < -0.3 is 19.8 Å². The van der Waals surface area contributed by atoms with Gasteiger partial charge in [-0.05, 0) is 85.5 Å². The monoisotopic (exact) mass is 466 g/mol. The molecule has 1 aromatic heterocycles. The van der Waals surface area contributed by atoms with Crippen molar-refractivity contribution in [1.82, 2.24) is 9.97 Å². The Hall–Kier alpha value is -4.57. The Morgan fingerprint density at radius 2 is 1.89 bits per heavy atom. The van der Waals surface area contributed by atoms with Gasteiger partial charge in [-0.15, -0.1) is 0 Å². The maximum absolute atomic E-state index is 12.3. The fraction of sp³-hybridized carbons (Fsp3) is 0.179. The van der Waals surface area contributed by atoms with Crippen LogP contribution in [0, 0.1) is 32.1 Å². The van der Waals surface area contributed by atoms with Crippen LogP contribution in [0.2, 0.25) is 0 Å². The third-order valence-electron chi connectivity index (χ3n) is 5.63. The van der Waals surface area contributed by atoms with E-state index in [1.807, 2.05) is 57.2 Å². The predicted octanol–water partition coefficient (Wildman–Crippen LogP) is 5.58. The van der Waals surface area contributed by atoms with E-state index in [1.165, 1.54) is 7.11 Å². The van der Waals surface area contributed by atoms with E-state index in [0.29, 0.717) is 28.6 Å². The summed E-state index contributed by atoms with van der Waals surface area (Å²) in [5.41, 5.74) is 6.90. The van der Waals surface area contributed by atoms with Gasteiger partial charge in [0, 0.05) is 5.69 Å². The lowest BCUT2D eigenvalue weighted by Crippen LogP contribution is -2.20. The van der Waals surface area contributed by atoms with Gasteiger partial charge in [-0.1, -0.05) is 18.2 Å². The molecule has 0 spiro atoms. The fourth-order valence-corrected chi connectivity index (χ4v) is 3.67. The minimum Gasteiger partial charge on any atom is -0.493 e. The Balaban J connectivity index is 1.51. The summed E-state index contributed by atoms with van der Waals surface area (Å²) in [7, 11) is 1.53. The van der Waals surface area contributed by atoms with Crippen LogP contribution in [0.3, 0.4) is 0 Å². The molecule has 0 aliphatic heterocycles. The lowest BCUT2D eigenvalue weighted by Gasteiger charge is -2.12. The average molecular weight is 467 g/mol. The summed E-state index contributed by atoms with van der Waals surface area (Å²) >= 11 is 0. The maximum Gasteiger partial charge on any atom is 0.262 e. The number of hydrogen-bond donors (Lipinski definition) is 2. The van der Waals surface area contributed by atoms with Gasteiger partial charge in [0.25, 0.3) is 5.91 Å². The zero-order valence-corrected chi connectivity index (χ0v) is 20.1. The highest BCUT2D eigenvalue weighted by molar-refractivity contribution is 5.92. The van der Waals surface area contributed by atoms with Crippen molar-refractivity contribution in [3.8, 4) is 17.6 Å². The summed E-state index contributed by atoms with van der Waals surface area (Å²) in [4.78, 5) is 20.1. The number of nitriles is 1. The minimum absolute atomic E-state index is 0.166. The first-order valence-corrected chi connectivity index (χ1v) is 11.1. The molecule has 2 N–H and O–H groups in total. The molecule has 3 aromatic carbocycles. The number of aromatic amines is 1. The second kappa shape index (κ2) is 10.1. The molecular formula is C28H26N4O3. The number of hydrogen-bond acceptors (Lipinski definition) is 5. The summed E-state index contributed by atoms with van der Waals surface area (Å²) in [5.74, 6) is 1.11. The number of aryl methyl sites for hydroxylation is 3. The lowest BCUT2D eigenvalue weighted by atomic mass is 10.1. The van der Waals surface area contributed by atoms with Crippen molar-refractivity contribution < 1.29 is 14.3 Å². The van der Waals surface area contributed by atoms with Gasteiger partial charge in [0.1, 0.15) is 11.9 Å². The first-order chi connectivity index (χ1) is 16.9. The number of H-pyrrole nitrogens is 1. The van der Waals surface area contributed by atoms with Crippen molar-refractivity contribution in [1.29, 1.82) is 5.26 Å². The van der Waals surface area contributed by atoms with Crippen LogP contribution in [0.4, 0.5) is 5.69 Å². The molecule has 0 aliphatic rings. The Kier molecular flexibility index (Phi) is 6.83. The van der Waals surface area contributed by atoms with E-state index in [2.05, 4.69) is 21.4 Å². The number of rotatable bonds is 7. The second-order valence-corrected chi connectivity index (χ2v) is 8.33. The van der Waals surface area contributed by atoms with E-state index < -0.39 is 0 Å². The van der Waals surface area contributed by atoms with E-state index in [0.717, 1.165) is 33.3 Å². The number of benzene rings is 3. The molecule has 0 radical (unpaired) electrons. The predicted molar refractivity (Wildman–Crippen MR) is 137 cm³/mol. The third-order valence-corrected chi connectivity index (χ3v) is 5.63. The van der Waals surface area contributed by atoms with Crippen LogP contribution in [0.5, 0.6) is 11.5 Å². The fourth-order valence-electron chi connectivity index (χ4n) is 3.67. The smallest absolute Gasteiger partial charge is 0.262 e. The van der Waals surface area contributed by atoms with Gasteiger partial charge >= 0.3 is 0 Å². The van der Waals surface area contributed by atoms with Crippen LogP contribution < -0.4 is 14.8 Å². The molecule has 1 amide bonds. The summed E-state index contributed by atoms with van der Waals surface area (Å²) < 4.78 is 11.1. The number of nitrogens with one attached hydrogen (secondary N) is 2. The van der Waals surface area contributed by atoms with Crippen LogP contribution in [0.15, 0.2) is 54.6 Å². The Morgan fingerprint density at radius 3 is 2.63 bits per heavy atom. The van der Waals surface area contributed by atoms with Gasteiger partial charge in [0.15, 0.2) is 18.1 Å². The van der Waals surface area contributed by atoms with Gasteiger partial charge in [0.05, 0.1) is 23.7 Å². The molecule has 0 saturated carbocycles. The minimum atomic E-state index is -0.274. The van der Waals surface area contributed by atoms with E-state index in [-0.39, 0.29) is 12.5 Å². The summed E-state index contributed by atoms with van der Waals surface area (Å²) in [6.45, 7) is 5.87. The van der Waals surface area contributed by atoms with E-state index in [9.17, 15) is 10.1 Å². The SMILES string of the molecule is COc1cc(C=C(C#N)c2nc3cc(C)c(C)cc3[nH]2)ccc1OCC(=O)Nc1cccc(C)c1. The van der Waals surface area contributed by atoms with Crippen molar-refractivity contribution in [2.24, 2.45) is 0 Å². The third kappa shape index (κ3) is 5.50. The van der Waals surface area contributed by atoms with Crippen LogP contribution >= 0.6 is 0 Å². The Bertz CT molecular complexity index is 1440. The Morgan fingerprint density at radius 1 is 1.09 bits per heavy atom. The molecule has 0 atom stereocenters. The molecule has 0 aliphatic carbocycles. The molecule has 0 fully saturated rings. The topological polar surface area (TPSA) is 100 Å². The number of anilines is 1. The number of aromatic nitrogens is 2. The average Bonchev–Trinajstić information content (AvgIpc) is 3.24. The van der Waals surface area contributed by atoms with E-state index >= 15 is 0 Å². The number of fused-ring (bicyclic) bond motifs is 1. The van der Waals surface area contributed by atoms with Crippen LogP contribution in [-0.2, 0) is 4.79 Å². The molecule has 4 rings (SSSR count). The van der Waals surface area contributed by atoms with Crippen molar-refractivity contribution >= 4 is 34.3 Å². The number of carbonyl (C=O) groups is 1. The number of ether oxygens (including phenoxy) is 2. The summed E-state index contributed by atoms with van der Waals surface area (Å²) in [6, 6.07) is 19.1. The zero-order chi connectivity index (χ0) is 24.9. The van der Waals surface area contributed by atoms with Gasteiger partial charge in [0.2, 0.25) is 0 Å². The molecular weight excluding hydrogens is 440 g/mol. The molecule has 35 heavy (non-hydrogen) atoms. The molecule has 176 valence electrons. The first-order valence-electron chi connectivity index (χ1n) is 11.1. The molecule has 7 heteroatoms. The second-order valence-electron chi connectivity index (χ2n) is 8.33. The number of amides is 1. The van der Waals surface area contributed by atoms with Gasteiger partial charge in [-0.2, -0.15) is 5.26 Å². The van der Waals surface area contributed by atoms with Crippen molar-refractivity contribution in [2.45, 2.75) is 20.8 Å². The first kappa shape index (κ1) is 23.6. The summed E-state index contributed by atoms with van der Waals surface area (Å²) in [6.07, 6.45) is 1.73. The van der Waals surface area contributed by atoms with Crippen molar-refractivity contribution in [3.05, 3.63) is 82.7 Å². The molecule has 0 unspecified atom stereocenters. The zero-order valence-electron chi connectivity index (χ0n) is 20.1. The molecule has 7 nitrogen and oxygen atoms in total. The highest BCUT2D eigenvalue weighted by Crippen LogP contribution is 2.30. The highest BCUT2D eigenvalue weighted by atomic mass is 16.5. The summed E-state index contributed by atoms with van der Waals surface area (Å²) in [5, 5.41) is 12.6. The van der Waals surface area contributed by atoms with Gasteiger partial charge in [-0.25, -0.2) is 4.98 Å². The lowest BCUT2D eigenvalue weighted by molar-refractivity contribution is -0.118. The number of imidazole rings is 1. The van der Waals surface area contributed by atoms with E-state index in [4.69, 9.17) is 9.47 Å². The normalized spacial score (nSPS) is 11.2. The number of nitrogens with zero attached hydrogens (tertiary/aromatic N) is 2. The standard InChI is InChI=1S/C28H26N4O3/c1-17-6-5-7-22(10-17)30-27(33)16-35-25-9-8-20(14-26(25)34-4)13-21(15-29)28-31-23-11-18(2)19(3)12-24(23)32-28/h5-14H,16H2,1-4H3,(H,30,33)(H,31,32). The highest BCUT2D eigenvalue weighted by Gasteiger charge is 2.12. The quantitative estimate of drug-likeness (QED) is 0.347. The van der Waals surface area contributed by atoms with Crippen molar-refractivity contribution in [2.75, 3.05) is 19.0 Å². The number of carbonyl (C=O) groups excluding carboxylic acids is 1. The van der Waals surface area contributed by atoms with E-state index in [1.54, 1.807) is 24.3 Å². The Labute approximate surface area is 204 Å². The number of allylic oxidation sites excluding steroid dienone is 1. The molecule has 1 heterocycles.